The van der Waals surface area contributed by atoms with Gasteiger partial charge in [-0.15, -0.1) is 0 Å². The second kappa shape index (κ2) is 40.6. The molecule has 51 heavy (non-hydrogen) atoms. The Morgan fingerprint density at radius 2 is 1.02 bits per heavy atom. The molecule has 0 aromatic heterocycles. The lowest BCUT2D eigenvalue weighted by Gasteiger charge is -2.20. The molecule has 0 aliphatic carbocycles. The van der Waals surface area contributed by atoms with Crippen LogP contribution in [0.2, 0.25) is 0 Å². The second-order valence-electron chi connectivity index (χ2n) is 14.3. The van der Waals surface area contributed by atoms with Crippen molar-refractivity contribution in [3.63, 3.8) is 0 Å². The van der Waals surface area contributed by atoms with E-state index in [0.29, 0.717) is 19.4 Å². The van der Waals surface area contributed by atoms with E-state index in [0.717, 1.165) is 103 Å². The minimum atomic E-state index is -0.859. The van der Waals surface area contributed by atoms with E-state index in [-0.39, 0.29) is 18.5 Å². The predicted molar refractivity (Wildman–Crippen MR) is 218 cm³/mol. The summed E-state index contributed by atoms with van der Waals surface area (Å²) in [5.41, 5.74) is 0. The van der Waals surface area contributed by atoms with Gasteiger partial charge in [0.05, 0.1) is 25.4 Å². The summed E-state index contributed by atoms with van der Waals surface area (Å²) in [6, 6.07) is -0.645. The van der Waals surface area contributed by atoms with E-state index in [2.05, 4.69) is 55.6 Å². The lowest BCUT2D eigenvalue weighted by molar-refractivity contribution is -0.143. The van der Waals surface area contributed by atoms with Crippen molar-refractivity contribution in [2.24, 2.45) is 0 Å². The van der Waals surface area contributed by atoms with Crippen molar-refractivity contribution < 1.29 is 24.5 Å². The molecule has 0 saturated carbocycles. The monoisotopic (exact) mass is 716 g/mol. The Balaban J connectivity index is 3.56. The van der Waals surface area contributed by atoms with Crippen LogP contribution in [0.5, 0.6) is 0 Å². The molecule has 6 nitrogen and oxygen atoms in total. The van der Waals surface area contributed by atoms with Crippen molar-refractivity contribution in [3.8, 4) is 0 Å². The number of hydrogen-bond acceptors (Lipinski definition) is 5. The first kappa shape index (κ1) is 48.8. The average Bonchev–Trinajstić information content (AvgIpc) is 3.13. The largest absolute Gasteiger partial charge is 0.466 e. The van der Waals surface area contributed by atoms with Gasteiger partial charge >= 0.3 is 5.97 Å². The molecule has 0 aliphatic heterocycles. The number of rotatable bonds is 38. The van der Waals surface area contributed by atoms with E-state index >= 15 is 0 Å². The predicted octanol–water partition coefficient (Wildman–Crippen LogP) is 11.9. The van der Waals surface area contributed by atoms with Gasteiger partial charge in [0.25, 0.3) is 0 Å². The number of unbranched alkanes of at least 4 members (excludes halogenated alkanes) is 21. The highest BCUT2D eigenvalue weighted by Gasteiger charge is 2.17. The normalized spacial score (nSPS) is 13.3. The van der Waals surface area contributed by atoms with Gasteiger partial charge in [0.15, 0.2) is 0 Å². The lowest BCUT2D eigenvalue weighted by atomic mass is 10.1. The van der Waals surface area contributed by atoms with E-state index in [1.165, 1.54) is 70.6 Å². The fraction of sp³-hybridized carbons (Fsp3) is 0.778. The van der Waals surface area contributed by atoms with Gasteiger partial charge in [-0.05, 0) is 89.9 Å². The van der Waals surface area contributed by atoms with Gasteiger partial charge in [-0.2, -0.15) is 0 Å². The standard InChI is InChI=1S/C45H81NO5/c1-3-5-7-9-11-13-14-15-19-23-27-31-35-39-45(50)51-40-36-32-28-24-20-17-16-18-22-26-30-34-38-44(49)46-42(41-47)43(48)37-33-29-25-21-12-10-8-6-4-2/h7,9,13-14,17,20,33,37,42-43,47-48H,3-6,8,10-12,15-16,18-19,21-32,34-36,38-41H2,1-2H3,(H,46,49)/b9-7-,14-13-,20-17-,37-33+. The molecule has 0 radical (unpaired) electrons. The SMILES string of the molecule is CCC/C=C\C/C=C\CCCCCCCC(=O)OCCCCC/C=C\CCCCCCCC(=O)NC(CO)C(O)/C=C/CCCCCCCCC. The van der Waals surface area contributed by atoms with Gasteiger partial charge < -0.3 is 20.3 Å². The molecule has 0 aromatic carbocycles. The minimum absolute atomic E-state index is 0.0418. The number of aliphatic hydroxyl groups excluding tert-OH is 2. The van der Waals surface area contributed by atoms with E-state index in [9.17, 15) is 19.8 Å². The molecule has 0 aliphatic rings. The first-order valence-corrected chi connectivity index (χ1v) is 21.4. The third-order valence-corrected chi connectivity index (χ3v) is 9.29. The van der Waals surface area contributed by atoms with Crippen LogP contribution in [-0.4, -0.2) is 47.4 Å². The molecule has 3 N–H and O–H groups in total. The van der Waals surface area contributed by atoms with Crippen LogP contribution in [0.1, 0.15) is 200 Å². The van der Waals surface area contributed by atoms with E-state index in [1.807, 2.05) is 6.08 Å². The van der Waals surface area contributed by atoms with E-state index < -0.39 is 12.1 Å². The molecule has 0 fully saturated rings. The molecule has 1 amide bonds. The van der Waals surface area contributed by atoms with Crippen LogP contribution in [0.4, 0.5) is 0 Å². The zero-order valence-corrected chi connectivity index (χ0v) is 33.3. The van der Waals surface area contributed by atoms with Crippen molar-refractivity contribution in [2.75, 3.05) is 13.2 Å². The van der Waals surface area contributed by atoms with Crippen LogP contribution in [0, 0.1) is 0 Å². The maximum Gasteiger partial charge on any atom is 0.305 e. The summed E-state index contributed by atoms with van der Waals surface area (Å²) in [7, 11) is 0. The van der Waals surface area contributed by atoms with Gasteiger partial charge in [0.1, 0.15) is 0 Å². The number of hydrogen-bond donors (Lipinski definition) is 3. The number of amides is 1. The Hall–Kier alpha value is -2.18. The zero-order valence-electron chi connectivity index (χ0n) is 33.3. The summed E-state index contributed by atoms with van der Waals surface area (Å²) < 4.78 is 5.41. The molecule has 2 atom stereocenters. The molecule has 0 rings (SSSR count). The number of allylic oxidation sites excluding steroid dienone is 7. The Labute approximate surface area is 315 Å². The van der Waals surface area contributed by atoms with Crippen LogP contribution < -0.4 is 5.32 Å². The molecule has 0 spiro atoms. The van der Waals surface area contributed by atoms with Crippen molar-refractivity contribution in [1.82, 2.24) is 5.32 Å². The number of aliphatic hydroxyl groups is 2. The molecule has 6 heteroatoms. The van der Waals surface area contributed by atoms with E-state index in [4.69, 9.17) is 4.74 Å². The maximum atomic E-state index is 12.3. The number of carbonyl (C=O) groups is 2. The fourth-order valence-corrected chi connectivity index (χ4v) is 5.96. The Morgan fingerprint density at radius 1 is 0.549 bits per heavy atom. The van der Waals surface area contributed by atoms with Crippen molar-refractivity contribution in [1.29, 1.82) is 0 Å². The van der Waals surface area contributed by atoms with Gasteiger partial charge in [-0.1, -0.05) is 146 Å². The summed E-state index contributed by atoms with van der Waals surface area (Å²) >= 11 is 0. The van der Waals surface area contributed by atoms with Crippen molar-refractivity contribution >= 4 is 11.9 Å². The topological polar surface area (TPSA) is 95.9 Å². The summed E-state index contributed by atoms with van der Waals surface area (Å²) in [6.07, 6.45) is 48.1. The highest BCUT2D eigenvalue weighted by Crippen LogP contribution is 2.12. The first-order chi connectivity index (χ1) is 25.0. The van der Waals surface area contributed by atoms with Crippen LogP contribution >= 0.6 is 0 Å². The zero-order chi connectivity index (χ0) is 37.3. The average molecular weight is 716 g/mol. The molecule has 0 bridgehead atoms. The molecule has 0 aromatic rings. The smallest absolute Gasteiger partial charge is 0.305 e. The Bertz CT molecular complexity index is 880. The second-order valence-corrected chi connectivity index (χ2v) is 14.3. The van der Waals surface area contributed by atoms with Crippen molar-refractivity contribution in [3.05, 3.63) is 48.6 Å². The van der Waals surface area contributed by atoms with Crippen LogP contribution in [0.25, 0.3) is 0 Å². The molecule has 2 unspecified atom stereocenters. The number of esters is 1. The van der Waals surface area contributed by atoms with Gasteiger partial charge in [0, 0.05) is 12.8 Å². The number of carbonyl (C=O) groups excluding carboxylic acids is 2. The van der Waals surface area contributed by atoms with Crippen LogP contribution in [-0.2, 0) is 14.3 Å². The third-order valence-electron chi connectivity index (χ3n) is 9.29. The highest BCUT2D eigenvalue weighted by atomic mass is 16.5. The van der Waals surface area contributed by atoms with Gasteiger partial charge in [-0.25, -0.2) is 0 Å². The van der Waals surface area contributed by atoms with E-state index in [1.54, 1.807) is 6.08 Å². The number of ether oxygens (including phenoxy) is 1. The van der Waals surface area contributed by atoms with Gasteiger partial charge in [0.2, 0.25) is 5.91 Å². The Morgan fingerprint density at radius 3 is 1.59 bits per heavy atom. The molecule has 0 heterocycles. The first-order valence-electron chi connectivity index (χ1n) is 21.4. The van der Waals surface area contributed by atoms with Gasteiger partial charge in [-0.3, -0.25) is 9.59 Å². The fourth-order valence-electron chi connectivity index (χ4n) is 5.96. The summed E-state index contributed by atoms with van der Waals surface area (Å²) in [5.74, 6) is -0.142. The minimum Gasteiger partial charge on any atom is -0.466 e. The molecular formula is C45H81NO5. The summed E-state index contributed by atoms with van der Waals surface area (Å²) in [4.78, 5) is 24.3. The van der Waals surface area contributed by atoms with Crippen LogP contribution in [0.3, 0.4) is 0 Å². The maximum absolute atomic E-state index is 12.3. The van der Waals surface area contributed by atoms with Crippen LogP contribution in [0.15, 0.2) is 48.6 Å². The summed E-state index contributed by atoms with van der Waals surface area (Å²) in [6.45, 7) is 4.71. The highest BCUT2D eigenvalue weighted by molar-refractivity contribution is 5.76. The summed E-state index contributed by atoms with van der Waals surface area (Å²) in [5, 5.41) is 22.8. The molecule has 296 valence electrons. The molecular weight excluding hydrogens is 634 g/mol. The lowest BCUT2D eigenvalue weighted by Crippen LogP contribution is -2.45. The number of nitrogens with one attached hydrogen (secondary N) is 1. The third kappa shape index (κ3) is 37.4. The molecule has 0 saturated heterocycles. The quantitative estimate of drug-likeness (QED) is 0.0336. The van der Waals surface area contributed by atoms with Crippen molar-refractivity contribution in [2.45, 2.75) is 212 Å². The Kier molecular flexibility index (Phi) is 38.9.